The number of benzene rings is 3. The van der Waals surface area contributed by atoms with E-state index in [2.05, 4.69) is 46.6 Å². The highest BCUT2D eigenvalue weighted by atomic mass is 16.5. The average Bonchev–Trinajstić information content (AvgIpc) is 2.89. The Balaban J connectivity index is 1.36. The van der Waals surface area contributed by atoms with Gasteiger partial charge in [0.25, 0.3) is 5.91 Å². The monoisotopic (exact) mass is 372 g/mol. The number of nitrogens with zero attached hydrogens (tertiary/aromatic N) is 1. The quantitative estimate of drug-likeness (QED) is 0.746. The van der Waals surface area contributed by atoms with E-state index in [1.54, 1.807) is 0 Å². The molecular formula is C24H24N2O2. The van der Waals surface area contributed by atoms with Crippen LogP contribution in [0.3, 0.4) is 0 Å². The lowest BCUT2D eigenvalue weighted by molar-refractivity contribution is 0.103. The Morgan fingerprint density at radius 3 is 2.68 bits per heavy atom. The maximum atomic E-state index is 12.1. The zero-order chi connectivity index (χ0) is 18.9. The van der Waals surface area contributed by atoms with E-state index in [-0.39, 0.29) is 5.91 Å². The second-order valence-electron chi connectivity index (χ2n) is 7.69. The molecule has 0 aliphatic carbocycles. The SMILES string of the molecule is O=C1Nc2ccc(Cc3ccc(CN4CCCOCC4)cc3)c3cccc1c23. The average molecular weight is 372 g/mol. The summed E-state index contributed by atoms with van der Waals surface area (Å²) in [5.74, 6) is 0.000940. The Bertz CT molecular complexity index is 1020. The molecule has 1 saturated heterocycles. The van der Waals surface area contributed by atoms with Gasteiger partial charge in [-0.05, 0) is 47.1 Å². The van der Waals surface area contributed by atoms with Crippen LogP contribution >= 0.6 is 0 Å². The van der Waals surface area contributed by atoms with Crippen LogP contribution in [0.1, 0.15) is 33.5 Å². The summed E-state index contributed by atoms with van der Waals surface area (Å²) in [5.41, 5.74) is 5.61. The molecule has 142 valence electrons. The van der Waals surface area contributed by atoms with Crippen molar-refractivity contribution in [3.05, 3.63) is 76.9 Å². The van der Waals surface area contributed by atoms with Gasteiger partial charge in [0.05, 0.1) is 6.61 Å². The molecule has 1 amide bonds. The molecular weight excluding hydrogens is 348 g/mol. The Hall–Kier alpha value is -2.69. The van der Waals surface area contributed by atoms with Crippen LogP contribution in [0.15, 0.2) is 54.6 Å². The molecule has 4 heteroatoms. The van der Waals surface area contributed by atoms with Gasteiger partial charge in [-0.2, -0.15) is 0 Å². The summed E-state index contributed by atoms with van der Waals surface area (Å²) in [5, 5.41) is 5.19. The molecule has 0 unspecified atom stereocenters. The van der Waals surface area contributed by atoms with Crippen LogP contribution in [-0.4, -0.2) is 37.1 Å². The van der Waals surface area contributed by atoms with Crippen molar-refractivity contribution in [1.82, 2.24) is 4.90 Å². The van der Waals surface area contributed by atoms with E-state index in [4.69, 9.17) is 4.74 Å². The van der Waals surface area contributed by atoms with Gasteiger partial charge in [-0.25, -0.2) is 0 Å². The maximum Gasteiger partial charge on any atom is 0.256 e. The van der Waals surface area contributed by atoms with Gasteiger partial charge in [-0.15, -0.1) is 0 Å². The van der Waals surface area contributed by atoms with Gasteiger partial charge in [-0.1, -0.05) is 42.5 Å². The molecule has 3 aromatic carbocycles. The number of carbonyl (C=O) groups excluding carboxylic acids is 1. The highest BCUT2D eigenvalue weighted by molar-refractivity contribution is 6.24. The van der Waals surface area contributed by atoms with Crippen LogP contribution in [0.25, 0.3) is 10.8 Å². The van der Waals surface area contributed by atoms with E-state index in [1.165, 1.54) is 22.1 Å². The number of hydrogen-bond donors (Lipinski definition) is 1. The molecule has 0 bridgehead atoms. The first-order valence-corrected chi connectivity index (χ1v) is 10.0. The van der Waals surface area contributed by atoms with Crippen LogP contribution in [0, 0.1) is 0 Å². The van der Waals surface area contributed by atoms with Crippen LogP contribution in [0.5, 0.6) is 0 Å². The van der Waals surface area contributed by atoms with Gasteiger partial charge in [0.15, 0.2) is 0 Å². The van der Waals surface area contributed by atoms with Gasteiger partial charge in [0, 0.05) is 42.9 Å². The Kier molecular flexibility index (Phi) is 4.59. The molecule has 2 aliphatic heterocycles. The Labute approximate surface area is 165 Å². The normalized spacial score (nSPS) is 16.9. The summed E-state index contributed by atoms with van der Waals surface area (Å²) >= 11 is 0. The largest absolute Gasteiger partial charge is 0.380 e. The van der Waals surface area contributed by atoms with E-state index in [0.717, 1.165) is 62.3 Å². The minimum absolute atomic E-state index is 0.000940. The van der Waals surface area contributed by atoms with Crippen molar-refractivity contribution >= 4 is 22.4 Å². The first-order chi connectivity index (χ1) is 13.8. The molecule has 0 spiro atoms. The molecule has 0 aromatic heterocycles. The molecule has 1 fully saturated rings. The third kappa shape index (κ3) is 3.30. The van der Waals surface area contributed by atoms with Crippen molar-refractivity contribution in [3.8, 4) is 0 Å². The second kappa shape index (κ2) is 7.38. The minimum Gasteiger partial charge on any atom is -0.380 e. The molecule has 4 nitrogen and oxygen atoms in total. The number of amides is 1. The zero-order valence-electron chi connectivity index (χ0n) is 15.9. The number of hydrogen-bond acceptors (Lipinski definition) is 3. The number of ether oxygens (including phenoxy) is 1. The molecule has 2 heterocycles. The molecule has 2 aliphatic rings. The van der Waals surface area contributed by atoms with Crippen molar-refractivity contribution in [2.24, 2.45) is 0 Å². The number of anilines is 1. The highest BCUT2D eigenvalue weighted by Gasteiger charge is 2.22. The van der Waals surface area contributed by atoms with E-state index >= 15 is 0 Å². The summed E-state index contributed by atoms with van der Waals surface area (Å²) in [7, 11) is 0. The summed E-state index contributed by atoms with van der Waals surface area (Å²) < 4.78 is 5.54. The van der Waals surface area contributed by atoms with Crippen molar-refractivity contribution in [3.63, 3.8) is 0 Å². The number of carbonyl (C=O) groups is 1. The lowest BCUT2D eigenvalue weighted by Crippen LogP contribution is -2.25. The van der Waals surface area contributed by atoms with Gasteiger partial charge in [0.1, 0.15) is 0 Å². The van der Waals surface area contributed by atoms with Crippen molar-refractivity contribution < 1.29 is 9.53 Å². The predicted molar refractivity (Wildman–Crippen MR) is 112 cm³/mol. The maximum absolute atomic E-state index is 12.1. The Morgan fingerprint density at radius 1 is 0.929 bits per heavy atom. The lowest BCUT2D eigenvalue weighted by Gasteiger charge is -2.19. The van der Waals surface area contributed by atoms with E-state index in [9.17, 15) is 4.79 Å². The summed E-state index contributed by atoms with van der Waals surface area (Å²) in [6.45, 7) is 4.81. The smallest absolute Gasteiger partial charge is 0.256 e. The molecule has 0 atom stereocenters. The number of rotatable bonds is 4. The van der Waals surface area contributed by atoms with Crippen molar-refractivity contribution in [1.29, 1.82) is 0 Å². The van der Waals surface area contributed by atoms with Crippen LogP contribution in [0.2, 0.25) is 0 Å². The van der Waals surface area contributed by atoms with Gasteiger partial charge < -0.3 is 10.1 Å². The predicted octanol–water partition coefficient (Wildman–Crippen LogP) is 4.22. The van der Waals surface area contributed by atoms with E-state index < -0.39 is 0 Å². The fourth-order valence-corrected chi connectivity index (χ4v) is 4.30. The van der Waals surface area contributed by atoms with Crippen LogP contribution in [-0.2, 0) is 17.7 Å². The molecule has 5 rings (SSSR count). The fourth-order valence-electron chi connectivity index (χ4n) is 4.30. The third-order valence-electron chi connectivity index (χ3n) is 5.76. The molecule has 28 heavy (non-hydrogen) atoms. The minimum atomic E-state index is 0.000940. The summed E-state index contributed by atoms with van der Waals surface area (Å²) in [6.07, 6.45) is 1.98. The van der Waals surface area contributed by atoms with Crippen molar-refractivity contribution in [2.45, 2.75) is 19.4 Å². The first-order valence-electron chi connectivity index (χ1n) is 10.0. The fraction of sp³-hybridized carbons (Fsp3) is 0.292. The Morgan fingerprint density at radius 2 is 1.79 bits per heavy atom. The zero-order valence-corrected chi connectivity index (χ0v) is 15.9. The van der Waals surface area contributed by atoms with Crippen molar-refractivity contribution in [2.75, 3.05) is 31.6 Å². The van der Waals surface area contributed by atoms with Crippen LogP contribution in [0.4, 0.5) is 5.69 Å². The lowest BCUT2D eigenvalue weighted by atomic mass is 9.95. The first kappa shape index (κ1) is 17.4. The summed E-state index contributed by atoms with van der Waals surface area (Å²) in [6, 6.07) is 19.1. The van der Waals surface area contributed by atoms with E-state index in [1.807, 2.05) is 18.2 Å². The van der Waals surface area contributed by atoms with Gasteiger partial charge in [0.2, 0.25) is 0 Å². The molecule has 0 radical (unpaired) electrons. The summed E-state index contributed by atoms with van der Waals surface area (Å²) in [4.78, 5) is 14.6. The standard InChI is InChI=1S/C24H24N2O2/c27-24-21-4-1-3-20-19(9-10-22(25-24)23(20)21)15-17-5-7-18(8-6-17)16-26-11-2-13-28-14-12-26/h1,3-10H,2,11-16H2,(H,25,27). The molecule has 0 saturated carbocycles. The van der Waals surface area contributed by atoms with E-state index in [0.29, 0.717) is 0 Å². The molecule has 1 N–H and O–H groups in total. The number of nitrogens with one attached hydrogen (secondary N) is 1. The highest BCUT2D eigenvalue weighted by Crippen LogP contribution is 2.35. The molecule has 3 aromatic rings. The topological polar surface area (TPSA) is 41.6 Å². The van der Waals surface area contributed by atoms with Gasteiger partial charge >= 0.3 is 0 Å². The third-order valence-corrected chi connectivity index (χ3v) is 5.76. The second-order valence-corrected chi connectivity index (χ2v) is 7.69. The van der Waals surface area contributed by atoms with Crippen LogP contribution < -0.4 is 5.32 Å². The van der Waals surface area contributed by atoms with Gasteiger partial charge in [-0.3, -0.25) is 9.69 Å².